The monoisotopic (exact) mass is 314 g/mol. The van der Waals surface area contributed by atoms with E-state index in [1.54, 1.807) is 21.0 Å². The topological polar surface area (TPSA) is 49.4 Å². The third-order valence-corrected chi connectivity index (χ3v) is 6.93. The van der Waals surface area contributed by atoms with Crippen molar-refractivity contribution < 1.29 is 8.42 Å². The van der Waals surface area contributed by atoms with E-state index in [9.17, 15) is 8.42 Å². The van der Waals surface area contributed by atoms with Gasteiger partial charge in [0.25, 0.3) is 0 Å². The van der Waals surface area contributed by atoms with Crippen molar-refractivity contribution in [3.8, 4) is 0 Å². The van der Waals surface area contributed by atoms with Gasteiger partial charge >= 0.3 is 0 Å². The average Bonchev–Trinajstić information content (AvgIpc) is 3.34. The van der Waals surface area contributed by atoms with Crippen molar-refractivity contribution >= 4 is 21.4 Å². The van der Waals surface area contributed by atoms with Crippen LogP contribution in [0.2, 0.25) is 0 Å². The van der Waals surface area contributed by atoms with Crippen LogP contribution in [0, 0.1) is 5.92 Å². The average molecular weight is 314 g/mol. The lowest BCUT2D eigenvalue weighted by Gasteiger charge is -2.19. The smallest absolute Gasteiger partial charge is 0.243 e. The number of thiophene rings is 1. The number of sulfonamides is 1. The van der Waals surface area contributed by atoms with Gasteiger partial charge < -0.3 is 5.32 Å². The van der Waals surface area contributed by atoms with Crippen LogP contribution in [-0.4, -0.2) is 31.9 Å². The minimum atomic E-state index is -3.29. The Balaban J connectivity index is 1.68. The molecule has 0 bridgehead atoms. The van der Waals surface area contributed by atoms with Gasteiger partial charge in [0.2, 0.25) is 10.0 Å². The number of nitrogens with one attached hydrogen (secondary N) is 1. The Morgan fingerprint density at radius 2 is 2.10 bits per heavy atom. The zero-order valence-corrected chi connectivity index (χ0v) is 13.5. The second kappa shape index (κ2) is 5.75. The molecule has 1 aromatic heterocycles. The third kappa shape index (κ3) is 3.42. The van der Waals surface area contributed by atoms with Crippen LogP contribution in [0.15, 0.2) is 16.3 Å². The first-order chi connectivity index (χ1) is 9.59. The van der Waals surface area contributed by atoms with E-state index in [4.69, 9.17) is 0 Å². The lowest BCUT2D eigenvalue weighted by molar-refractivity contribution is 0.412. The van der Waals surface area contributed by atoms with E-state index in [2.05, 4.69) is 5.32 Å². The molecule has 2 aliphatic rings. The quantitative estimate of drug-likeness (QED) is 0.802. The van der Waals surface area contributed by atoms with Crippen LogP contribution < -0.4 is 5.32 Å². The molecule has 2 fully saturated rings. The molecule has 0 aromatic carbocycles. The summed E-state index contributed by atoms with van der Waals surface area (Å²) in [5.74, 6) is 0.583. The van der Waals surface area contributed by atoms with Crippen LogP contribution >= 0.6 is 11.3 Å². The fourth-order valence-corrected chi connectivity index (χ4v) is 4.99. The van der Waals surface area contributed by atoms with Crippen molar-refractivity contribution in [2.24, 2.45) is 5.92 Å². The lowest BCUT2D eigenvalue weighted by atomic mass is 10.4. The fourth-order valence-electron chi connectivity index (χ4n) is 2.26. The van der Waals surface area contributed by atoms with Gasteiger partial charge in [-0.25, -0.2) is 8.42 Å². The highest BCUT2D eigenvalue weighted by Crippen LogP contribution is 2.32. The SMILES string of the molecule is CCN(CC1CC1)S(=O)(=O)c1csc(CNC2CC2)c1. The zero-order valence-electron chi connectivity index (χ0n) is 11.8. The van der Waals surface area contributed by atoms with Crippen molar-refractivity contribution in [1.82, 2.24) is 9.62 Å². The van der Waals surface area contributed by atoms with E-state index < -0.39 is 10.0 Å². The summed E-state index contributed by atoms with van der Waals surface area (Å²) in [6.45, 7) is 3.95. The predicted octanol–water partition coefficient (Wildman–Crippen LogP) is 2.42. The third-order valence-electron chi connectivity index (χ3n) is 3.92. The van der Waals surface area contributed by atoms with Gasteiger partial charge in [0.1, 0.15) is 0 Å². The van der Waals surface area contributed by atoms with Crippen LogP contribution in [-0.2, 0) is 16.6 Å². The molecule has 3 rings (SSSR count). The summed E-state index contributed by atoms with van der Waals surface area (Å²) in [7, 11) is -3.29. The standard InChI is InChI=1S/C14H22N2O2S2/c1-2-16(9-11-3-4-11)20(17,18)14-7-13(19-10-14)8-15-12-5-6-12/h7,10-12,15H,2-6,8-9H2,1H3. The molecule has 1 N–H and O–H groups in total. The van der Waals surface area contributed by atoms with Gasteiger partial charge in [-0.1, -0.05) is 6.92 Å². The first-order valence-electron chi connectivity index (χ1n) is 7.40. The van der Waals surface area contributed by atoms with Crippen molar-refractivity contribution in [3.63, 3.8) is 0 Å². The zero-order chi connectivity index (χ0) is 14.2. The molecule has 1 aromatic rings. The molecule has 6 heteroatoms. The Morgan fingerprint density at radius 1 is 1.35 bits per heavy atom. The van der Waals surface area contributed by atoms with Gasteiger partial charge in [-0.2, -0.15) is 4.31 Å². The van der Waals surface area contributed by atoms with E-state index in [1.165, 1.54) is 25.7 Å². The number of hydrogen-bond donors (Lipinski definition) is 1. The van der Waals surface area contributed by atoms with E-state index in [-0.39, 0.29) is 0 Å². The van der Waals surface area contributed by atoms with Crippen molar-refractivity contribution in [2.75, 3.05) is 13.1 Å². The van der Waals surface area contributed by atoms with Gasteiger partial charge in [0, 0.05) is 35.9 Å². The van der Waals surface area contributed by atoms with Crippen molar-refractivity contribution in [2.45, 2.75) is 50.1 Å². The number of rotatable bonds is 8. The number of hydrogen-bond acceptors (Lipinski definition) is 4. The van der Waals surface area contributed by atoms with E-state index in [0.717, 1.165) is 11.4 Å². The van der Waals surface area contributed by atoms with Crippen molar-refractivity contribution in [3.05, 3.63) is 16.3 Å². The van der Waals surface area contributed by atoms with E-state index >= 15 is 0 Å². The summed E-state index contributed by atoms with van der Waals surface area (Å²) >= 11 is 1.54. The Labute approximate surface area is 125 Å². The highest BCUT2D eigenvalue weighted by atomic mass is 32.2. The van der Waals surface area contributed by atoms with Crippen LogP contribution in [0.4, 0.5) is 0 Å². The maximum Gasteiger partial charge on any atom is 0.243 e. The second-order valence-corrected chi connectivity index (χ2v) is 8.74. The number of nitrogens with zero attached hydrogens (tertiary/aromatic N) is 1. The van der Waals surface area contributed by atoms with Crippen LogP contribution in [0.3, 0.4) is 0 Å². The normalized spacial score (nSPS) is 19.7. The molecule has 0 saturated heterocycles. The van der Waals surface area contributed by atoms with Crippen LogP contribution in [0.5, 0.6) is 0 Å². The Bertz CT molecular complexity index is 559. The molecule has 0 unspecified atom stereocenters. The molecule has 0 radical (unpaired) electrons. The first-order valence-corrected chi connectivity index (χ1v) is 9.72. The summed E-state index contributed by atoms with van der Waals surface area (Å²) in [4.78, 5) is 1.58. The van der Waals surface area contributed by atoms with Gasteiger partial charge in [0.05, 0.1) is 4.90 Å². The maximum atomic E-state index is 12.6. The van der Waals surface area contributed by atoms with Gasteiger partial charge in [-0.05, 0) is 37.7 Å². The summed E-state index contributed by atoms with van der Waals surface area (Å²) in [5, 5.41) is 5.21. The second-order valence-electron chi connectivity index (χ2n) is 5.80. The fraction of sp³-hybridized carbons (Fsp3) is 0.714. The van der Waals surface area contributed by atoms with Gasteiger partial charge in [-0.3, -0.25) is 0 Å². The molecule has 0 atom stereocenters. The highest BCUT2D eigenvalue weighted by molar-refractivity contribution is 7.89. The molecule has 1 heterocycles. The van der Waals surface area contributed by atoms with Gasteiger partial charge in [0.15, 0.2) is 0 Å². The summed E-state index contributed by atoms with van der Waals surface area (Å²) in [6.07, 6.45) is 4.85. The summed E-state index contributed by atoms with van der Waals surface area (Å²) in [6, 6.07) is 2.49. The molecule has 20 heavy (non-hydrogen) atoms. The van der Waals surface area contributed by atoms with E-state index in [0.29, 0.717) is 29.9 Å². The predicted molar refractivity (Wildman–Crippen MR) is 81.3 cm³/mol. The summed E-state index contributed by atoms with van der Waals surface area (Å²) in [5.41, 5.74) is 0. The van der Waals surface area contributed by atoms with Crippen molar-refractivity contribution in [1.29, 1.82) is 0 Å². The molecule has 2 aliphatic carbocycles. The molecule has 0 spiro atoms. The first kappa shape index (κ1) is 14.5. The van der Waals surface area contributed by atoms with E-state index in [1.807, 2.05) is 13.0 Å². The molecule has 112 valence electrons. The van der Waals surface area contributed by atoms with Crippen LogP contribution in [0.25, 0.3) is 0 Å². The summed E-state index contributed by atoms with van der Waals surface area (Å²) < 4.78 is 26.8. The molecule has 4 nitrogen and oxygen atoms in total. The Morgan fingerprint density at radius 3 is 2.70 bits per heavy atom. The molecular formula is C14H22N2O2S2. The van der Waals surface area contributed by atoms with Crippen LogP contribution in [0.1, 0.15) is 37.5 Å². The largest absolute Gasteiger partial charge is 0.309 e. The molecule has 2 saturated carbocycles. The maximum absolute atomic E-state index is 12.6. The lowest BCUT2D eigenvalue weighted by Crippen LogP contribution is -2.32. The Kier molecular flexibility index (Phi) is 4.17. The Hall–Kier alpha value is -0.430. The minimum Gasteiger partial charge on any atom is -0.309 e. The molecular weight excluding hydrogens is 292 g/mol. The molecule has 0 amide bonds. The molecule has 0 aliphatic heterocycles. The van der Waals surface area contributed by atoms with Gasteiger partial charge in [-0.15, -0.1) is 11.3 Å². The highest BCUT2D eigenvalue weighted by Gasteiger charge is 2.31. The minimum absolute atomic E-state index is 0.470.